The van der Waals surface area contributed by atoms with Crippen LogP contribution in [-0.2, 0) is 11.3 Å². The molecular formula is C15H21NO2. The molecule has 3 nitrogen and oxygen atoms in total. The number of carboxylic acids is 1. The van der Waals surface area contributed by atoms with Crippen molar-refractivity contribution in [2.75, 3.05) is 13.1 Å². The van der Waals surface area contributed by atoms with Gasteiger partial charge >= 0.3 is 5.97 Å². The van der Waals surface area contributed by atoms with Gasteiger partial charge in [-0.3, -0.25) is 9.69 Å². The predicted molar refractivity (Wildman–Crippen MR) is 73.5 cm³/mol. The van der Waals surface area contributed by atoms with E-state index in [0.29, 0.717) is 13.1 Å². The third-order valence-electron chi connectivity index (χ3n) is 3.00. The molecule has 18 heavy (non-hydrogen) atoms. The van der Waals surface area contributed by atoms with Crippen LogP contribution in [-0.4, -0.2) is 29.1 Å². The van der Waals surface area contributed by atoms with Crippen LogP contribution in [0.5, 0.6) is 0 Å². The van der Waals surface area contributed by atoms with Gasteiger partial charge in [-0.15, -0.1) is 6.58 Å². The molecule has 1 aromatic rings. The first-order chi connectivity index (χ1) is 8.54. The minimum Gasteiger partial charge on any atom is -0.481 e. The molecule has 0 aliphatic rings. The fourth-order valence-electron chi connectivity index (χ4n) is 1.88. The molecule has 0 heterocycles. The number of nitrogens with zero attached hydrogens (tertiary/aromatic N) is 1. The van der Waals surface area contributed by atoms with E-state index in [1.165, 1.54) is 11.1 Å². The van der Waals surface area contributed by atoms with Crippen molar-refractivity contribution in [3.8, 4) is 0 Å². The molecule has 0 radical (unpaired) electrons. The van der Waals surface area contributed by atoms with Crippen LogP contribution in [0.1, 0.15) is 18.1 Å². The standard InChI is InChI=1S/C15H21NO2/c1-4-9-16(10-13(3)15(17)18)11-14-8-6-5-7-12(14)2/h4-8,13H,1,9-11H2,2-3H3,(H,17,18). The fraction of sp³-hybridized carbons (Fsp3) is 0.400. The molecule has 98 valence electrons. The highest BCUT2D eigenvalue weighted by atomic mass is 16.4. The first kappa shape index (κ1) is 14.5. The lowest BCUT2D eigenvalue weighted by Gasteiger charge is -2.23. The Morgan fingerprint density at radius 2 is 2.17 bits per heavy atom. The smallest absolute Gasteiger partial charge is 0.307 e. The number of carbonyl (C=O) groups is 1. The van der Waals surface area contributed by atoms with E-state index in [4.69, 9.17) is 5.11 Å². The number of hydrogen-bond donors (Lipinski definition) is 1. The molecule has 0 saturated heterocycles. The van der Waals surface area contributed by atoms with E-state index in [1.54, 1.807) is 6.92 Å². The first-order valence-electron chi connectivity index (χ1n) is 6.15. The van der Waals surface area contributed by atoms with Crippen LogP contribution in [0.2, 0.25) is 0 Å². The Morgan fingerprint density at radius 3 is 2.72 bits per heavy atom. The van der Waals surface area contributed by atoms with Gasteiger partial charge in [0.15, 0.2) is 0 Å². The topological polar surface area (TPSA) is 40.5 Å². The highest BCUT2D eigenvalue weighted by molar-refractivity contribution is 5.69. The zero-order valence-corrected chi connectivity index (χ0v) is 11.1. The average molecular weight is 247 g/mol. The molecule has 0 bridgehead atoms. The monoisotopic (exact) mass is 247 g/mol. The summed E-state index contributed by atoms with van der Waals surface area (Å²) < 4.78 is 0. The van der Waals surface area contributed by atoms with Gasteiger partial charge in [-0.1, -0.05) is 37.3 Å². The Morgan fingerprint density at radius 1 is 1.50 bits per heavy atom. The number of rotatable bonds is 7. The summed E-state index contributed by atoms with van der Waals surface area (Å²) in [7, 11) is 0. The lowest BCUT2D eigenvalue weighted by molar-refractivity contribution is -0.141. The van der Waals surface area contributed by atoms with Crippen molar-refractivity contribution in [3.63, 3.8) is 0 Å². The molecule has 1 unspecified atom stereocenters. The fourth-order valence-corrected chi connectivity index (χ4v) is 1.88. The summed E-state index contributed by atoms with van der Waals surface area (Å²) in [6, 6.07) is 8.17. The second-order valence-corrected chi connectivity index (χ2v) is 4.65. The average Bonchev–Trinajstić information content (AvgIpc) is 2.32. The zero-order valence-electron chi connectivity index (χ0n) is 11.1. The SMILES string of the molecule is C=CCN(Cc1ccccc1C)CC(C)C(=O)O. The third kappa shape index (κ3) is 4.34. The summed E-state index contributed by atoms with van der Waals surface area (Å²) in [6.45, 7) is 9.53. The first-order valence-corrected chi connectivity index (χ1v) is 6.15. The van der Waals surface area contributed by atoms with Gasteiger partial charge in [-0.2, -0.15) is 0 Å². The van der Waals surface area contributed by atoms with Gasteiger partial charge in [0.2, 0.25) is 0 Å². The summed E-state index contributed by atoms with van der Waals surface area (Å²) in [5, 5.41) is 8.97. The number of benzene rings is 1. The Labute approximate surface area is 109 Å². The Bertz CT molecular complexity index is 415. The van der Waals surface area contributed by atoms with Gasteiger partial charge in [0.25, 0.3) is 0 Å². The van der Waals surface area contributed by atoms with Gasteiger partial charge in [0.1, 0.15) is 0 Å². The van der Waals surface area contributed by atoms with Gasteiger partial charge < -0.3 is 5.11 Å². The summed E-state index contributed by atoms with van der Waals surface area (Å²) in [5.41, 5.74) is 2.46. The maximum absolute atomic E-state index is 10.9. The van der Waals surface area contributed by atoms with Crippen molar-refractivity contribution < 1.29 is 9.90 Å². The Balaban J connectivity index is 2.71. The van der Waals surface area contributed by atoms with Crippen LogP contribution < -0.4 is 0 Å². The molecule has 0 saturated carbocycles. The van der Waals surface area contributed by atoms with Crippen LogP contribution in [0.3, 0.4) is 0 Å². The molecule has 0 spiro atoms. The maximum atomic E-state index is 10.9. The van der Waals surface area contributed by atoms with Crippen LogP contribution in [0, 0.1) is 12.8 Å². The second-order valence-electron chi connectivity index (χ2n) is 4.65. The van der Waals surface area contributed by atoms with E-state index < -0.39 is 5.97 Å². The molecule has 1 aromatic carbocycles. The molecule has 0 aliphatic heterocycles. The Kier molecular flexibility index (Phi) is 5.59. The van der Waals surface area contributed by atoms with Crippen molar-refractivity contribution in [1.29, 1.82) is 0 Å². The predicted octanol–water partition coefficient (Wildman–Crippen LogP) is 2.70. The lowest BCUT2D eigenvalue weighted by atomic mass is 10.1. The van der Waals surface area contributed by atoms with Crippen molar-refractivity contribution in [1.82, 2.24) is 4.90 Å². The van der Waals surface area contributed by atoms with Gasteiger partial charge in [-0.25, -0.2) is 0 Å². The van der Waals surface area contributed by atoms with Crippen molar-refractivity contribution in [3.05, 3.63) is 48.0 Å². The second kappa shape index (κ2) is 6.97. The normalized spacial score (nSPS) is 12.4. The molecule has 1 N–H and O–H groups in total. The molecule has 1 atom stereocenters. The highest BCUT2D eigenvalue weighted by Gasteiger charge is 2.15. The van der Waals surface area contributed by atoms with E-state index in [0.717, 1.165) is 6.54 Å². The van der Waals surface area contributed by atoms with Crippen LogP contribution >= 0.6 is 0 Å². The summed E-state index contributed by atoms with van der Waals surface area (Å²) in [4.78, 5) is 13.0. The minimum absolute atomic E-state index is 0.367. The molecule has 1 rings (SSSR count). The molecule has 0 fully saturated rings. The number of carboxylic acid groups (broad SMARTS) is 1. The quantitative estimate of drug-likeness (QED) is 0.753. The van der Waals surface area contributed by atoms with E-state index in [-0.39, 0.29) is 5.92 Å². The van der Waals surface area contributed by atoms with Crippen LogP contribution in [0.4, 0.5) is 0 Å². The highest BCUT2D eigenvalue weighted by Crippen LogP contribution is 2.12. The molecule has 0 aromatic heterocycles. The van der Waals surface area contributed by atoms with Gasteiger partial charge in [0.05, 0.1) is 5.92 Å². The largest absolute Gasteiger partial charge is 0.481 e. The van der Waals surface area contributed by atoms with Crippen molar-refractivity contribution in [2.45, 2.75) is 20.4 Å². The zero-order chi connectivity index (χ0) is 13.5. The van der Waals surface area contributed by atoms with E-state index in [9.17, 15) is 4.79 Å². The molecule has 0 amide bonds. The summed E-state index contributed by atoms with van der Waals surface area (Å²) >= 11 is 0. The number of aryl methyl sites for hydroxylation is 1. The van der Waals surface area contributed by atoms with E-state index >= 15 is 0 Å². The van der Waals surface area contributed by atoms with Crippen molar-refractivity contribution >= 4 is 5.97 Å². The van der Waals surface area contributed by atoms with Gasteiger partial charge in [-0.05, 0) is 18.1 Å². The summed E-state index contributed by atoms with van der Waals surface area (Å²) in [6.07, 6.45) is 1.81. The van der Waals surface area contributed by atoms with E-state index in [1.807, 2.05) is 18.2 Å². The number of hydrogen-bond acceptors (Lipinski definition) is 2. The van der Waals surface area contributed by atoms with Gasteiger partial charge in [0, 0.05) is 19.6 Å². The molecular weight excluding hydrogens is 226 g/mol. The van der Waals surface area contributed by atoms with E-state index in [2.05, 4.69) is 30.5 Å². The molecule has 0 aliphatic carbocycles. The third-order valence-corrected chi connectivity index (χ3v) is 3.00. The van der Waals surface area contributed by atoms with Crippen LogP contribution in [0.15, 0.2) is 36.9 Å². The van der Waals surface area contributed by atoms with Crippen molar-refractivity contribution in [2.24, 2.45) is 5.92 Å². The van der Waals surface area contributed by atoms with Crippen LogP contribution in [0.25, 0.3) is 0 Å². The summed E-state index contributed by atoms with van der Waals surface area (Å²) in [5.74, 6) is -1.12. The molecule has 3 heteroatoms. The maximum Gasteiger partial charge on any atom is 0.307 e. The lowest BCUT2D eigenvalue weighted by Crippen LogP contribution is -2.31. The number of aliphatic carboxylic acids is 1. The minimum atomic E-state index is -0.756. The Hall–Kier alpha value is -1.61.